The van der Waals surface area contributed by atoms with Crippen LogP contribution in [0.15, 0.2) is 66.0 Å². The molecule has 1 aromatic carbocycles. The van der Waals surface area contributed by atoms with Crippen LogP contribution in [0.1, 0.15) is 11.3 Å². The van der Waals surface area contributed by atoms with Gasteiger partial charge >= 0.3 is 0 Å². The molecule has 3 rings (SSSR count). The predicted octanol–water partition coefficient (Wildman–Crippen LogP) is 3.53. The van der Waals surface area contributed by atoms with Crippen LogP contribution in [0.2, 0.25) is 0 Å². The number of para-hydroxylation sites is 1. The smallest absolute Gasteiger partial charge is 0.287 e. The molecule has 24 heavy (non-hydrogen) atoms. The lowest BCUT2D eigenvalue weighted by Gasteiger charge is -2.04. The standard InChI is InChI=1S/C17H15N5O2/c1-13-9-14(12-21(13)15-5-3-2-4-6-15)10-19-20-17-8-7-16(11-18-17)22(23)24/h2-12H,1H3,(H,18,20)/b19-10-. The highest BCUT2D eigenvalue weighted by atomic mass is 16.6. The highest BCUT2D eigenvalue weighted by Crippen LogP contribution is 2.14. The highest BCUT2D eigenvalue weighted by Gasteiger charge is 2.05. The van der Waals surface area contributed by atoms with E-state index in [1.807, 2.05) is 49.5 Å². The molecule has 0 radical (unpaired) electrons. The fourth-order valence-electron chi connectivity index (χ4n) is 2.27. The van der Waals surface area contributed by atoms with Crippen LogP contribution in [-0.4, -0.2) is 20.7 Å². The summed E-state index contributed by atoms with van der Waals surface area (Å²) in [5, 5.41) is 14.7. The van der Waals surface area contributed by atoms with Crippen molar-refractivity contribution in [2.24, 2.45) is 5.10 Å². The molecule has 0 aliphatic heterocycles. The van der Waals surface area contributed by atoms with Crippen molar-refractivity contribution in [3.63, 3.8) is 0 Å². The molecular formula is C17H15N5O2. The van der Waals surface area contributed by atoms with Crippen LogP contribution in [0.5, 0.6) is 0 Å². The average molecular weight is 321 g/mol. The van der Waals surface area contributed by atoms with Gasteiger partial charge in [-0.1, -0.05) is 18.2 Å². The molecule has 0 aliphatic carbocycles. The van der Waals surface area contributed by atoms with Crippen LogP contribution < -0.4 is 5.43 Å². The van der Waals surface area contributed by atoms with Crippen LogP contribution in [-0.2, 0) is 0 Å². The second-order valence-corrected chi connectivity index (χ2v) is 5.15. The van der Waals surface area contributed by atoms with Crippen molar-refractivity contribution in [3.8, 4) is 5.69 Å². The Morgan fingerprint density at radius 1 is 1.25 bits per heavy atom. The molecule has 0 amide bonds. The lowest BCUT2D eigenvalue weighted by atomic mass is 10.3. The third-order valence-electron chi connectivity index (χ3n) is 3.42. The molecule has 0 unspecified atom stereocenters. The average Bonchev–Trinajstić information content (AvgIpc) is 2.97. The van der Waals surface area contributed by atoms with Crippen molar-refractivity contribution in [1.29, 1.82) is 0 Å². The summed E-state index contributed by atoms with van der Waals surface area (Å²) >= 11 is 0. The maximum atomic E-state index is 10.6. The van der Waals surface area contributed by atoms with E-state index in [2.05, 4.69) is 20.1 Å². The number of nitrogens with one attached hydrogen (secondary N) is 1. The van der Waals surface area contributed by atoms with Gasteiger partial charge in [-0.3, -0.25) is 15.5 Å². The van der Waals surface area contributed by atoms with Gasteiger partial charge in [-0.05, 0) is 31.2 Å². The van der Waals surface area contributed by atoms with Gasteiger partial charge in [0.25, 0.3) is 5.69 Å². The Morgan fingerprint density at radius 2 is 2.04 bits per heavy atom. The number of hydrogen-bond acceptors (Lipinski definition) is 5. The maximum Gasteiger partial charge on any atom is 0.287 e. The minimum Gasteiger partial charge on any atom is -0.321 e. The van der Waals surface area contributed by atoms with Crippen molar-refractivity contribution in [3.05, 3.63) is 82.3 Å². The largest absolute Gasteiger partial charge is 0.321 e. The van der Waals surface area contributed by atoms with E-state index in [0.29, 0.717) is 5.82 Å². The summed E-state index contributed by atoms with van der Waals surface area (Å²) in [6, 6.07) is 14.9. The summed E-state index contributed by atoms with van der Waals surface area (Å²) in [4.78, 5) is 14.0. The van der Waals surface area contributed by atoms with Gasteiger partial charge in [-0.15, -0.1) is 0 Å². The fourth-order valence-corrected chi connectivity index (χ4v) is 2.27. The number of aromatic nitrogens is 2. The summed E-state index contributed by atoms with van der Waals surface area (Å²) in [6.45, 7) is 2.02. The van der Waals surface area contributed by atoms with Crippen molar-refractivity contribution in [2.75, 3.05) is 5.43 Å². The highest BCUT2D eigenvalue weighted by molar-refractivity contribution is 5.80. The molecule has 3 aromatic rings. The topological polar surface area (TPSA) is 85.3 Å². The van der Waals surface area contributed by atoms with E-state index in [0.717, 1.165) is 16.9 Å². The molecule has 2 aromatic heterocycles. The molecule has 0 aliphatic rings. The van der Waals surface area contributed by atoms with E-state index in [-0.39, 0.29) is 5.69 Å². The monoisotopic (exact) mass is 321 g/mol. The molecule has 0 fully saturated rings. The number of rotatable bonds is 5. The Kier molecular flexibility index (Phi) is 4.33. The van der Waals surface area contributed by atoms with E-state index >= 15 is 0 Å². The number of hydrazone groups is 1. The number of benzene rings is 1. The Labute approximate surface area is 138 Å². The third-order valence-corrected chi connectivity index (χ3v) is 3.42. The molecule has 0 saturated heterocycles. The predicted molar refractivity (Wildman–Crippen MR) is 92.6 cm³/mol. The Bertz CT molecular complexity index is 870. The Hall–Kier alpha value is -3.48. The molecule has 0 spiro atoms. The van der Waals surface area contributed by atoms with E-state index in [1.165, 1.54) is 18.3 Å². The van der Waals surface area contributed by atoms with Gasteiger partial charge in [0.2, 0.25) is 0 Å². The zero-order valence-electron chi connectivity index (χ0n) is 13.0. The molecule has 0 atom stereocenters. The van der Waals surface area contributed by atoms with Crippen molar-refractivity contribution >= 4 is 17.7 Å². The summed E-state index contributed by atoms with van der Waals surface area (Å²) in [5.41, 5.74) is 5.81. The third kappa shape index (κ3) is 3.46. The normalized spacial score (nSPS) is 10.9. The molecule has 7 nitrogen and oxygen atoms in total. The van der Waals surface area contributed by atoms with Crippen LogP contribution in [0.3, 0.4) is 0 Å². The van der Waals surface area contributed by atoms with Gasteiger partial charge in [0.1, 0.15) is 12.0 Å². The fraction of sp³-hybridized carbons (Fsp3) is 0.0588. The van der Waals surface area contributed by atoms with E-state index < -0.39 is 4.92 Å². The van der Waals surface area contributed by atoms with Crippen LogP contribution in [0.4, 0.5) is 11.5 Å². The Morgan fingerprint density at radius 3 is 2.71 bits per heavy atom. The number of hydrogen-bond donors (Lipinski definition) is 1. The first kappa shape index (κ1) is 15.4. The number of nitrogens with zero attached hydrogens (tertiary/aromatic N) is 4. The molecule has 1 N–H and O–H groups in total. The molecule has 0 bridgehead atoms. The van der Waals surface area contributed by atoms with Gasteiger partial charge in [-0.25, -0.2) is 4.98 Å². The minimum absolute atomic E-state index is 0.0555. The van der Waals surface area contributed by atoms with Gasteiger partial charge in [0.05, 0.1) is 11.1 Å². The van der Waals surface area contributed by atoms with Crippen LogP contribution >= 0.6 is 0 Å². The molecular weight excluding hydrogens is 306 g/mol. The van der Waals surface area contributed by atoms with Crippen molar-refractivity contribution in [1.82, 2.24) is 9.55 Å². The number of pyridine rings is 1. The van der Waals surface area contributed by atoms with E-state index in [4.69, 9.17) is 0 Å². The maximum absolute atomic E-state index is 10.6. The molecule has 7 heteroatoms. The van der Waals surface area contributed by atoms with Gasteiger partial charge in [0, 0.05) is 29.2 Å². The number of aryl methyl sites for hydroxylation is 1. The quantitative estimate of drug-likeness (QED) is 0.442. The number of nitro groups is 1. The zero-order valence-corrected chi connectivity index (χ0v) is 13.0. The SMILES string of the molecule is Cc1cc(/C=N\Nc2ccc([N+](=O)[O-])cn2)cn1-c1ccccc1. The van der Waals surface area contributed by atoms with Gasteiger partial charge in [0.15, 0.2) is 0 Å². The summed E-state index contributed by atoms with van der Waals surface area (Å²) in [5.74, 6) is 0.441. The number of anilines is 1. The van der Waals surface area contributed by atoms with Gasteiger partial charge in [-0.2, -0.15) is 5.10 Å². The summed E-state index contributed by atoms with van der Waals surface area (Å²) in [6.07, 6.45) is 4.85. The molecule has 0 saturated carbocycles. The zero-order chi connectivity index (χ0) is 16.9. The second-order valence-electron chi connectivity index (χ2n) is 5.15. The van der Waals surface area contributed by atoms with Crippen molar-refractivity contribution in [2.45, 2.75) is 6.92 Å². The summed E-state index contributed by atoms with van der Waals surface area (Å²) in [7, 11) is 0. The Balaban J connectivity index is 1.70. The lowest BCUT2D eigenvalue weighted by Crippen LogP contribution is -1.95. The first-order chi connectivity index (χ1) is 11.6. The summed E-state index contributed by atoms with van der Waals surface area (Å²) < 4.78 is 2.07. The first-order valence-corrected chi connectivity index (χ1v) is 7.27. The van der Waals surface area contributed by atoms with Crippen LogP contribution in [0.25, 0.3) is 5.69 Å². The van der Waals surface area contributed by atoms with E-state index in [1.54, 1.807) is 6.21 Å². The lowest BCUT2D eigenvalue weighted by molar-refractivity contribution is -0.385. The van der Waals surface area contributed by atoms with E-state index in [9.17, 15) is 10.1 Å². The van der Waals surface area contributed by atoms with Crippen molar-refractivity contribution < 1.29 is 4.92 Å². The second kappa shape index (κ2) is 6.74. The molecule has 2 heterocycles. The first-order valence-electron chi connectivity index (χ1n) is 7.27. The molecule has 120 valence electrons. The van der Waals surface area contributed by atoms with Gasteiger partial charge < -0.3 is 4.57 Å². The van der Waals surface area contributed by atoms with Crippen LogP contribution in [0, 0.1) is 17.0 Å². The minimum atomic E-state index is -0.491.